The summed E-state index contributed by atoms with van der Waals surface area (Å²) in [5.41, 5.74) is 1.03. The van der Waals surface area contributed by atoms with Gasteiger partial charge >= 0.3 is 0 Å². The Kier molecular flexibility index (Phi) is 2.88. The van der Waals surface area contributed by atoms with Crippen molar-refractivity contribution in [2.45, 2.75) is 13.0 Å². The van der Waals surface area contributed by atoms with Gasteiger partial charge in [-0.05, 0) is 35.6 Å². The van der Waals surface area contributed by atoms with Crippen molar-refractivity contribution >= 4 is 33.5 Å². The average molecular weight is 317 g/mol. The molecule has 0 saturated heterocycles. The van der Waals surface area contributed by atoms with Gasteiger partial charge in [-0.1, -0.05) is 18.2 Å². The van der Waals surface area contributed by atoms with Gasteiger partial charge in [0, 0.05) is 10.9 Å². The molecule has 1 N–H and O–H groups in total. The van der Waals surface area contributed by atoms with Crippen LogP contribution in [0.25, 0.3) is 10.9 Å². The van der Waals surface area contributed by atoms with Crippen LogP contribution in [-0.2, 0) is 0 Å². The van der Waals surface area contributed by atoms with E-state index < -0.39 is 11.9 Å². The minimum atomic E-state index is -0.827. The summed E-state index contributed by atoms with van der Waals surface area (Å²) in [5, 5.41) is 10.2. The topological polar surface area (TPSA) is 33.1 Å². The number of halogens is 2. The van der Waals surface area contributed by atoms with Crippen molar-refractivity contribution in [2.24, 2.45) is 0 Å². The highest BCUT2D eigenvalue weighted by Gasteiger charge is 2.16. The first-order chi connectivity index (χ1) is 7.11. The molecule has 0 aliphatic heterocycles. The minimum absolute atomic E-state index is 0.294. The lowest BCUT2D eigenvalue weighted by atomic mass is 10.0. The number of hydrogen-bond acceptors (Lipinski definition) is 2. The van der Waals surface area contributed by atoms with Crippen LogP contribution in [-0.4, -0.2) is 10.1 Å². The fourth-order valence-corrected chi connectivity index (χ4v) is 2.14. The Morgan fingerprint density at radius 3 is 2.73 bits per heavy atom. The van der Waals surface area contributed by atoms with Crippen LogP contribution in [0.15, 0.2) is 24.3 Å². The van der Waals surface area contributed by atoms with Gasteiger partial charge in [0.25, 0.3) is 0 Å². The molecule has 1 heterocycles. The van der Waals surface area contributed by atoms with Crippen molar-refractivity contribution < 1.29 is 9.50 Å². The predicted molar refractivity (Wildman–Crippen MR) is 65.1 cm³/mol. The SMILES string of the molecule is C[C@H](O)c1c(F)c(I)nc2ccccc12. The fourth-order valence-electron chi connectivity index (χ4n) is 1.59. The van der Waals surface area contributed by atoms with Crippen molar-refractivity contribution in [3.05, 3.63) is 39.3 Å². The Labute approximate surface area is 100 Å². The van der Waals surface area contributed by atoms with Gasteiger partial charge in [0.2, 0.25) is 0 Å². The summed E-state index contributed by atoms with van der Waals surface area (Å²) >= 11 is 1.83. The van der Waals surface area contributed by atoms with E-state index in [-0.39, 0.29) is 0 Å². The summed E-state index contributed by atoms with van der Waals surface area (Å²) < 4.78 is 14.0. The molecular weight excluding hydrogens is 308 g/mol. The highest BCUT2D eigenvalue weighted by Crippen LogP contribution is 2.28. The largest absolute Gasteiger partial charge is 0.389 e. The van der Waals surface area contributed by atoms with Crippen LogP contribution >= 0.6 is 22.6 Å². The zero-order valence-electron chi connectivity index (χ0n) is 8.04. The molecule has 0 fully saturated rings. The molecule has 2 rings (SSSR count). The Morgan fingerprint density at radius 1 is 1.40 bits per heavy atom. The van der Waals surface area contributed by atoms with E-state index in [0.29, 0.717) is 20.2 Å². The van der Waals surface area contributed by atoms with Crippen LogP contribution in [0.5, 0.6) is 0 Å². The van der Waals surface area contributed by atoms with Gasteiger partial charge in [0.15, 0.2) is 5.82 Å². The Bertz CT molecular complexity index is 513. The molecule has 1 aromatic heterocycles. The first-order valence-corrected chi connectivity index (χ1v) is 5.61. The van der Waals surface area contributed by atoms with Gasteiger partial charge < -0.3 is 5.11 Å². The number of aromatic nitrogens is 1. The standard InChI is InChI=1S/C11H9FINO/c1-6(15)9-7-4-2-3-5-8(7)14-11(13)10(9)12/h2-6,15H,1H3/t6-/m0/s1. The number of fused-ring (bicyclic) bond motifs is 1. The molecule has 0 aliphatic rings. The molecule has 0 bridgehead atoms. The summed E-state index contributed by atoms with van der Waals surface area (Å²) in [5.74, 6) is -0.427. The second-order valence-corrected chi connectivity index (χ2v) is 4.35. The van der Waals surface area contributed by atoms with Crippen LogP contribution in [0.2, 0.25) is 0 Å². The Balaban J connectivity index is 2.89. The van der Waals surface area contributed by atoms with E-state index >= 15 is 0 Å². The Morgan fingerprint density at radius 2 is 2.07 bits per heavy atom. The van der Waals surface area contributed by atoms with E-state index in [1.807, 2.05) is 40.8 Å². The quantitative estimate of drug-likeness (QED) is 0.648. The monoisotopic (exact) mass is 317 g/mol. The molecule has 0 aliphatic carbocycles. The first kappa shape index (κ1) is 10.8. The van der Waals surface area contributed by atoms with Crippen molar-refractivity contribution in [1.82, 2.24) is 4.98 Å². The van der Waals surface area contributed by atoms with E-state index in [2.05, 4.69) is 4.98 Å². The summed E-state index contributed by atoms with van der Waals surface area (Å²) in [7, 11) is 0. The second-order valence-electron chi connectivity index (χ2n) is 3.32. The van der Waals surface area contributed by atoms with Crippen LogP contribution in [0.4, 0.5) is 4.39 Å². The molecule has 78 valence electrons. The summed E-state index contributed by atoms with van der Waals surface area (Å²) in [6.45, 7) is 1.56. The molecule has 15 heavy (non-hydrogen) atoms. The van der Waals surface area contributed by atoms with E-state index in [0.717, 1.165) is 0 Å². The molecule has 2 aromatic rings. The third kappa shape index (κ3) is 1.83. The summed E-state index contributed by atoms with van der Waals surface area (Å²) in [4.78, 5) is 4.12. The van der Waals surface area contributed by atoms with Crippen molar-refractivity contribution in [3.63, 3.8) is 0 Å². The third-order valence-electron chi connectivity index (χ3n) is 2.25. The van der Waals surface area contributed by atoms with Crippen LogP contribution in [0.1, 0.15) is 18.6 Å². The van der Waals surface area contributed by atoms with Gasteiger partial charge in [-0.2, -0.15) is 0 Å². The molecule has 1 aromatic carbocycles. The lowest BCUT2D eigenvalue weighted by molar-refractivity contribution is 0.195. The maximum Gasteiger partial charge on any atom is 0.161 e. The zero-order valence-corrected chi connectivity index (χ0v) is 10.2. The molecule has 0 spiro atoms. The van der Waals surface area contributed by atoms with Crippen molar-refractivity contribution in [2.75, 3.05) is 0 Å². The lowest BCUT2D eigenvalue weighted by Gasteiger charge is -2.11. The third-order valence-corrected chi connectivity index (χ3v) is 2.96. The van der Waals surface area contributed by atoms with Gasteiger partial charge in [-0.3, -0.25) is 0 Å². The average Bonchev–Trinajstić information content (AvgIpc) is 2.19. The smallest absolute Gasteiger partial charge is 0.161 e. The van der Waals surface area contributed by atoms with Gasteiger partial charge in [0.05, 0.1) is 11.6 Å². The van der Waals surface area contributed by atoms with Crippen molar-refractivity contribution in [1.29, 1.82) is 0 Å². The van der Waals surface area contributed by atoms with Gasteiger partial charge in [-0.15, -0.1) is 0 Å². The molecule has 4 heteroatoms. The number of para-hydroxylation sites is 1. The van der Waals surface area contributed by atoms with E-state index in [1.54, 1.807) is 13.0 Å². The van der Waals surface area contributed by atoms with Crippen LogP contribution in [0, 0.1) is 9.52 Å². The molecule has 1 atom stereocenters. The number of hydrogen-bond donors (Lipinski definition) is 1. The molecule has 0 amide bonds. The predicted octanol–water partition coefficient (Wildman–Crippen LogP) is 3.03. The maximum absolute atomic E-state index is 13.8. The normalized spacial score (nSPS) is 13.1. The van der Waals surface area contributed by atoms with E-state index in [1.165, 1.54) is 0 Å². The molecule has 0 unspecified atom stereocenters. The van der Waals surface area contributed by atoms with E-state index in [4.69, 9.17) is 0 Å². The highest BCUT2D eigenvalue weighted by molar-refractivity contribution is 14.1. The van der Waals surface area contributed by atoms with Gasteiger partial charge in [-0.25, -0.2) is 9.37 Å². The lowest BCUT2D eigenvalue weighted by Crippen LogP contribution is -2.02. The zero-order chi connectivity index (χ0) is 11.0. The Hall–Kier alpha value is -0.750. The fraction of sp³-hybridized carbons (Fsp3) is 0.182. The van der Waals surface area contributed by atoms with Crippen LogP contribution < -0.4 is 0 Å². The number of nitrogens with zero attached hydrogens (tertiary/aromatic N) is 1. The summed E-state index contributed by atoms with van der Waals surface area (Å²) in [6.07, 6.45) is -0.827. The number of rotatable bonds is 1. The van der Waals surface area contributed by atoms with Crippen molar-refractivity contribution in [3.8, 4) is 0 Å². The maximum atomic E-state index is 13.8. The number of aliphatic hydroxyl groups excluding tert-OH is 1. The first-order valence-electron chi connectivity index (χ1n) is 4.53. The molecular formula is C11H9FINO. The molecule has 0 radical (unpaired) electrons. The van der Waals surface area contributed by atoms with E-state index in [9.17, 15) is 9.50 Å². The van der Waals surface area contributed by atoms with Crippen LogP contribution in [0.3, 0.4) is 0 Å². The van der Waals surface area contributed by atoms with Gasteiger partial charge in [0.1, 0.15) is 3.70 Å². The number of aliphatic hydroxyl groups is 1. The number of benzene rings is 1. The molecule has 0 saturated carbocycles. The summed E-state index contributed by atoms with van der Waals surface area (Å²) in [6, 6.07) is 7.23. The molecule has 2 nitrogen and oxygen atoms in total. The minimum Gasteiger partial charge on any atom is -0.389 e. The second kappa shape index (κ2) is 4.02. The number of pyridine rings is 1. The highest BCUT2D eigenvalue weighted by atomic mass is 127.